The second-order valence-electron chi connectivity index (χ2n) is 4.04. The van der Waals surface area contributed by atoms with Crippen molar-refractivity contribution >= 4 is 11.7 Å². The first kappa shape index (κ1) is 10.0. The number of hydrogen-bond acceptors (Lipinski definition) is 1. The first-order valence-electron chi connectivity index (χ1n) is 5.30. The van der Waals surface area contributed by atoms with Crippen LogP contribution in [-0.2, 0) is 0 Å². The van der Waals surface area contributed by atoms with E-state index in [9.17, 15) is 4.79 Å². The summed E-state index contributed by atoms with van der Waals surface area (Å²) in [7, 11) is 0. The second kappa shape index (κ2) is 3.93. The summed E-state index contributed by atoms with van der Waals surface area (Å²) >= 11 is 0. The predicted octanol–water partition coefficient (Wildman–Crippen LogP) is 2.54. The number of anilines is 1. The Morgan fingerprint density at radius 2 is 1.87 bits per heavy atom. The minimum absolute atomic E-state index is 0.0265. The van der Waals surface area contributed by atoms with E-state index in [1.165, 1.54) is 0 Å². The van der Waals surface area contributed by atoms with Gasteiger partial charge in [0.15, 0.2) is 0 Å². The topological polar surface area (TPSA) is 32.3 Å². The van der Waals surface area contributed by atoms with E-state index in [4.69, 9.17) is 0 Å². The van der Waals surface area contributed by atoms with Crippen molar-refractivity contribution in [3.8, 4) is 0 Å². The van der Waals surface area contributed by atoms with Crippen molar-refractivity contribution in [3.05, 3.63) is 29.3 Å². The maximum absolute atomic E-state index is 11.7. The predicted molar refractivity (Wildman–Crippen MR) is 61.1 cm³/mol. The molecule has 0 atom stereocenters. The molecule has 3 heteroatoms. The van der Waals surface area contributed by atoms with Gasteiger partial charge in [-0.1, -0.05) is 18.2 Å². The molecule has 1 saturated heterocycles. The summed E-state index contributed by atoms with van der Waals surface area (Å²) < 4.78 is 0. The fourth-order valence-electron chi connectivity index (χ4n) is 1.72. The van der Waals surface area contributed by atoms with E-state index >= 15 is 0 Å². The van der Waals surface area contributed by atoms with Crippen LogP contribution in [0, 0.1) is 13.8 Å². The molecule has 0 spiro atoms. The molecule has 1 heterocycles. The van der Waals surface area contributed by atoms with Crippen molar-refractivity contribution in [2.75, 3.05) is 18.4 Å². The van der Waals surface area contributed by atoms with Crippen LogP contribution in [0.2, 0.25) is 0 Å². The number of aryl methyl sites for hydroxylation is 2. The van der Waals surface area contributed by atoms with Crippen molar-refractivity contribution in [2.45, 2.75) is 20.3 Å². The molecule has 1 aromatic rings. The van der Waals surface area contributed by atoms with E-state index in [2.05, 4.69) is 5.32 Å². The quantitative estimate of drug-likeness (QED) is 0.749. The van der Waals surface area contributed by atoms with E-state index < -0.39 is 0 Å². The highest BCUT2D eigenvalue weighted by atomic mass is 16.2. The number of rotatable bonds is 1. The average molecular weight is 204 g/mol. The Morgan fingerprint density at radius 1 is 1.27 bits per heavy atom. The zero-order valence-electron chi connectivity index (χ0n) is 9.21. The number of nitrogens with zero attached hydrogens (tertiary/aromatic N) is 1. The average Bonchev–Trinajstić information content (AvgIpc) is 2.08. The van der Waals surface area contributed by atoms with Gasteiger partial charge in [-0.25, -0.2) is 4.79 Å². The molecule has 0 aromatic heterocycles. The summed E-state index contributed by atoms with van der Waals surface area (Å²) in [5.74, 6) is 0. The lowest BCUT2D eigenvalue weighted by Crippen LogP contribution is -2.44. The molecule has 1 aliphatic heterocycles. The minimum Gasteiger partial charge on any atom is -0.324 e. The number of urea groups is 1. The van der Waals surface area contributed by atoms with E-state index in [0.717, 1.165) is 36.3 Å². The smallest absolute Gasteiger partial charge is 0.321 e. The lowest BCUT2D eigenvalue weighted by molar-refractivity contribution is 0.181. The molecule has 3 nitrogen and oxygen atoms in total. The van der Waals surface area contributed by atoms with Crippen molar-refractivity contribution in [1.29, 1.82) is 0 Å². The highest BCUT2D eigenvalue weighted by Crippen LogP contribution is 2.20. The van der Waals surface area contributed by atoms with Gasteiger partial charge in [0.2, 0.25) is 0 Å². The third-order valence-corrected chi connectivity index (χ3v) is 2.86. The Balaban J connectivity index is 2.12. The van der Waals surface area contributed by atoms with E-state index in [1.54, 1.807) is 0 Å². The largest absolute Gasteiger partial charge is 0.324 e. The van der Waals surface area contributed by atoms with Gasteiger partial charge in [0.05, 0.1) is 0 Å². The van der Waals surface area contributed by atoms with Crippen LogP contribution in [0.5, 0.6) is 0 Å². The minimum atomic E-state index is 0.0265. The highest BCUT2D eigenvalue weighted by Gasteiger charge is 2.20. The number of para-hydroxylation sites is 1. The molecule has 2 amide bonds. The Morgan fingerprint density at radius 3 is 2.33 bits per heavy atom. The number of carbonyl (C=O) groups is 1. The van der Waals surface area contributed by atoms with Crippen LogP contribution < -0.4 is 5.32 Å². The van der Waals surface area contributed by atoms with Gasteiger partial charge in [-0.3, -0.25) is 0 Å². The zero-order valence-corrected chi connectivity index (χ0v) is 9.21. The summed E-state index contributed by atoms with van der Waals surface area (Å²) in [5, 5.41) is 2.97. The Labute approximate surface area is 90.1 Å². The van der Waals surface area contributed by atoms with Crippen molar-refractivity contribution in [3.63, 3.8) is 0 Å². The van der Waals surface area contributed by atoms with Gasteiger partial charge in [-0.2, -0.15) is 0 Å². The zero-order chi connectivity index (χ0) is 10.8. The molecule has 0 aliphatic carbocycles. The van der Waals surface area contributed by atoms with Crippen molar-refractivity contribution < 1.29 is 4.79 Å². The Bertz CT molecular complexity index is 363. The monoisotopic (exact) mass is 204 g/mol. The van der Waals surface area contributed by atoms with Gasteiger partial charge in [0, 0.05) is 18.8 Å². The number of likely N-dealkylation sites (tertiary alicyclic amines) is 1. The van der Waals surface area contributed by atoms with Gasteiger partial charge < -0.3 is 10.2 Å². The molecule has 0 unspecified atom stereocenters. The Hall–Kier alpha value is -1.51. The van der Waals surface area contributed by atoms with Crippen LogP contribution in [-0.4, -0.2) is 24.0 Å². The fraction of sp³-hybridized carbons (Fsp3) is 0.417. The van der Waals surface area contributed by atoms with Gasteiger partial charge in [0.1, 0.15) is 0 Å². The lowest BCUT2D eigenvalue weighted by Gasteiger charge is -2.31. The molecule has 1 N–H and O–H groups in total. The van der Waals surface area contributed by atoms with Crippen LogP contribution in [0.25, 0.3) is 0 Å². The molecule has 2 rings (SSSR count). The van der Waals surface area contributed by atoms with Gasteiger partial charge in [-0.05, 0) is 31.4 Å². The van der Waals surface area contributed by atoms with E-state index in [1.807, 2.05) is 36.9 Å². The third kappa shape index (κ3) is 1.96. The molecule has 15 heavy (non-hydrogen) atoms. The van der Waals surface area contributed by atoms with Crippen LogP contribution in [0.4, 0.5) is 10.5 Å². The molecule has 1 fully saturated rings. The Kier molecular flexibility index (Phi) is 2.62. The molecule has 1 aromatic carbocycles. The number of carbonyl (C=O) groups excluding carboxylic acids is 1. The summed E-state index contributed by atoms with van der Waals surface area (Å²) in [6.45, 7) is 5.80. The number of hydrogen-bond donors (Lipinski definition) is 1. The first-order chi connectivity index (χ1) is 7.18. The lowest BCUT2D eigenvalue weighted by atomic mass is 10.1. The molecule has 0 bridgehead atoms. The highest BCUT2D eigenvalue weighted by molar-refractivity contribution is 5.91. The third-order valence-electron chi connectivity index (χ3n) is 2.86. The summed E-state index contributed by atoms with van der Waals surface area (Å²) in [4.78, 5) is 13.5. The summed E-state index contributed by atoms with van der Waals surface area (Å²) in [5.41, 5.74) is 3.18. The van der Waals surface area contributed by atoms with E-state index in [-0.39, 0.29) is 6.03 Å². The van der Waals surface area contributed by atoms with Crippen molar-refractivity contribution in [2.24, 2.45) is 0 Å². The standard InChI is InChI=1S/C12H16N2O/c1-9-5-3-6-10(2)11(9)13-12(15)14-7-4-8-14/h3,5-6H,4,7-8H2,1-2H3,(H,13,15). The van der Waals surface area contributed by atoms with Gasteiger partial charge >= 0.3 is 6.03 Å². The molecular weight excluding hydrogens is 188 g/mol. The van der Waals surface area contributed by atoms with Gasteiger partial charge in [-0.15, -0.1) is 0 Å². The number of benzene rings is 1. The first-order valence-corrected chi connectivity index (χ1v) is 5.30. The van der Waals surface area contributed by atoms with Crippen molar-refractivity contribution in [1.82, 2.24) is 4.90 Å². The molecule has 80 valence electrons. The van der Waals surface area contributed by atoms with Crippen LogP contribution >= 0.6 is 0 Å². The molecule has 0 radical (unpaired) electrons. The SMILES string of the molecule is Cc1cccc(C)c1NC(=O)N1CCC1. The normalized spacial score (nSPS) is 14.7. The summed E-state index contributed by atoms with van der Waals surface area (Å²) in [6.07, 6.45) is 1.13. The fourth-order valence-corrected chi connectivity index (χ4v) is 1.72. The maximum Gasteiger partial charge on any atom is 0.321 e. The molecule has 0 saturated carbocycles. The van der Waals surface area contributed by atoms with Gasteiger partial charge in [0.25, 0.3) is 0 Å². The second-order valence-corrected chi connectivity index (χ2v) is 4.04. The van der Waals surface area contributed by atoms with Crippen LogP contribution in [0.1, 0.15) is 17.5 Å². The maximum atomic E-state index is 11.7. The molecular formula is C12H16N2O. The van der Waals surface area contributed by atoms with Crippen LogP contribution in [0.15, 0.2) is 18.2 Å². The number of nitrogens with one attached hydrogen (secondary N) is 1. The number of amides is 2. The molecule has 1 aliphatic rings. The van der Waals surface area contributed by atoms with E-state index in [0.29, 0.717) is 0 Å². The summed E-state index contributed by atoms with van der Waals surface area (Å²) in [6, 6.07) is 6.06. The van der Waals surface area contributed by atoms with Crippen LogP contribution in [0.3, 0.4) is 0 Å².